The quantitative estimate of drug-likeness (QED) is 0.894. The van der Waals surface area contributed by atoms with Crippen LogP contribution in [0.25, 0.3) is 0 Å². The van der Waals surface area contributed by atoms with E-state index in [-0.39, 0.29) is 12.5 Å². The Morgan fingerprint density at radius 2 is 2.24 bits per heavy atom. The molecule has 2 heterocycles. The lowest BCUT2D eigenvalue weighted by molar-refractivity contribution is -0.116. The first-order valence-electron chi connectivity index (χ1n) is 5.02. The van der Waals surface area contributed by atoms with Crippen LogP contribution in [0.4, 0.5) is 5.69 Å². The zero-order chi connectivity index (χ0) is 12.4. The van der Waals surface area contributed by atoms with Crippen LogP contribution in [-0.2, 0) is 18.4 Å². The van der Waals surface area contributed by atoms with Gasteiger partial charge in [0, 0.05) is 13.2 Å². The molecule has 0 spiro atoms. The van der Waals surface area contributed by atoms with Crippen molar-refractivity contribution in [3.05, 3.63) is 29.3 Å². The Morgan fingerprint density at radius 3 is 2.76 bits per heavy atom. The molecule has 2 rings (SSSR count). The number of anilines is 1. The predicted octanol–water partition coefficient (Wildman–Crippen LogP) is 1.22. The van der Waals surface area contributed by atoms with Gasteiger partial charge in [-0.05, 0) is 6.92 Å². The van der Waals surface area contributed by atoms with Crippen molar-refractivity contribution >= 4 is 23.2 Å². The maximum atomic E-state index is 11.7. The van der Waals surface area contributed by atoms with E-state index in [2.05, 4.69) is 15.5 Å². The van der Waals surface area contributed by atoms with Gasteiger partial charge in [0.05, 0.1) is 28.8 Å². The summed E-state index contributed by atoms with van der Waals surface area (Å²) in [6.07, 6.45) is 4.70. The van der Waals surface area contributed by atoms with E-state index in [1.54, 1.807) is 17.1 Å². The van der Waals surface area contributed by atoms with Crippen LogP contribution in [0.15, 0.2) is 18.6 Å². The smallest absolute Gasteiger partial charge is 0.246 e. The second-order valence-corrected chi connectivity index (χ2v) is 4.11. The predicted molar refractivity (Wildman–Crippen MR) is 63.8 cm³/mol. The second kappa shape index (κ2) is 4.58. The van der Waals surface area contributed by atoms with Gasteiger partial charge in [0.1, 0.15) is 6.54 Å². The summed E-state index contributed by atoms with van der Waals surface area (Å²) in [5, 5.41) is 11.2. The van der Waals surface area contributed by atoms with Gasteiger partial charge < -0.3 is 5.32 Å². The van der Waals surface area contributed by atoms with Crippen molar-refractivity contribution in [2.75, 3.05) is 5.32 Å². The van der Waals surface area contributed by atoms with Gasteiger partial charge in [0.2, 0.25) is 5.91 Å². The van der Waals surface area contributed by atoms with Crippen molar-refractivity contribution in [2.24, 2.45) is 7.05 Å². The Labute approximate surface area is 103 Å². The number of rotatable bonds is 3. The highest BCUT2D eigenvalue weighted by atomic mass is 35.5. The minimum Gasteiger partial charge on any atom is -0.322 e. The van der Waals surface area contributed by atoms with Gasteiger partial charge in [-0.15, -0.1) is 0 Å². The molecule has 0 fully saturated rings. The molecule has 0 radical (unpaired) electrons. The third-order valence-electron chi connectivity index (χ3n) is 2.42. The molecule has 6 nitrogen and oxygen atoms in total. The summed E-state index contributed by atoms with van der Waals surface area (Å²) in [5.74, 6) is -0.166. The molecule has 0 atom stereocenters. The zero-order valence-electron chi connectivity index (χ0n) is 9.51. The van der Waals surface area contributed by atoms with Gasteiger partial charge in [0.25, 0.3) is 0 Å². The molecule has 0 aliphatic rings. The van der Waals surface area contributed by atoms with Crippen LogP contribution >= 0.6 is 11.6 Å². The molecule has 1 amide bonds. The largest absolute Gasteiger partial charge is 0.322 e. The van der Waals surface area contributed by atoms with Crippen LogP contribution in [-0.4, -0.2) is 25.5 Å². The normalized spacial score (nSPS) is 10.5. The van der Waals surface area contributed by atoms with Crippen LogP contribution < -0.4 is 5.32 Å². The number of nitrogens with one attached hydrogen (secondary N) is 1. The lowest BCUT2D eigenvalue weighted by atomic mass is 10.4. The summed E-state index contributed by atoms with van der Waals surface area (Å²) in [5.41, 5.74) is 1.60. The number of halogens is 1. The summed E-state index contributed by atoms with van der Waals surface area (Å²) in [6.45, 7) is 2.01. The van der Waals surface area contributed by atoms with Crippen LogP contribution in [0.3, 0.4) is 0 Å². The maximum Gasteiger partial charge on any atom is 0.246 e. The number of hydrogen-bond acceptors (Lipinski definition) is 3. The Kier molecular flexibility index (Phi) is 3.14. The van der Waals surface area contributed by atoms with Crippen LogP contribution in [0, 0.1) is 6.92 Å². The molecule has 17 heavy (non-hydrogen) atoms. The molecule has 2 aromatic rings. The van der Waals surface area contributed by atoms with E-state index in [4.69, 9.17) is 11.6 Å². The first-order chi connectivity index (χ1) is 8.06. The fraction of sp³-hybridized carbons (Fsp3) is 0.300. The molecule has 1 N–H and O–H groups in total. The van der Waals surface area contributed by atoms with Crippen molar-refractivity contribution in [3.8, 4) is 0 Å². The molecule has 0 aliphatic heterocycles. The number of carbonyl (C=O) groups excluding carboxylic acids is 1. The summed E-state index contributed by atoms with van der Waals surface area (Å²) in [6, 6.07) is 0. The third kappa shape index (κ3) is 2.65. The van der Waals surface area contributed by atoms with Crippen LogP contribution in [0.5, 0.6) is 0 Å². The molecular weight excluding hydrogens is 242 g/mol. The highest BCUT2D eigenvalue weighted by Gasteiger charge is 2.09. The van der Waals surface area contributed by atoms with Crippen molar-refractivity contribution in [2.45, 2.75) is 13.5 Å². The van der Waals surface area contributed by atoms with Gasteiger partial charge in [-0.1, -0.05) is 11.6 Å². The zero-order valence-corrected chi connectivity index (χ0v) is 10.3. The van der Waals surface area contributed by atoms with E-state index in [0.29, 0.717) is 10.7 Å². The minimum atomic E-state index is -0.166. The number of aryl methyl sites for hydroxylation is 1. The fourth-order valence-electron chi connectivity index (χ4n) is 1.38. The van der Waals surface area contributed by atoms with Gasteiger partial charge in [0.15, 0.2) is 0 Å². The number of carbonyl (C=O) groups is 1. The van der Waals surface area contributed by atoms with Gasteiger partial charge in [-0.2, -0.15) is 10.2 Å². The first kappa shape index (κ1) is 11.7. The molecular formula is C10H12ClN5O. The fourth-order valence-corrected chi connectivity index (χ4v) is 1.54. The second-order valence-electron chi connectivity index (χ2n) is 3.67. The van der Waals surface area contributed by atoms with Crippen molar-refractivity contribution in [1.29, 1.82) is 0 Å². The lowest BCUT2D eigenvalue weighted by Crippen LogP contribution is -2.19. The average Bonchev–Trinajstić information content (AvgIpc) is 2.79. The molecule has 2 aromatic heterocycles. The number of nitrogens with zero attached hydrogens (tertiary/aromatic N) is 4. The minimum absolute atomic E-state index is 0.126. The Morgan fingerprint density at radius 1 is 1.47 bits per heavy atom. The molecule has 0 unspecified atom stereocenters. The summed E-state index contributed by atoms with van der Waals surface area (Å²) in [4.78, 5) is 11.7. The summed E-state index contributed by atoms with van der Waals surface area (Å²) >= 11 is 5.70. The summed E-state index contributed by atoms with van der Waals surface area (Å²) < 4.78 is 3.17. The van der Waals surface area contributed by atoms with E-state index in [1.165, 1.54) is 10.9 Å². The molecule has 0 saturated carbocycles. The topological polar surface area (TPSA) is 64.7 Å². The number of hydrogen-bond donors (Lipinski definition) is 1. The molecule has 0 saturated heterocycles. The SMILES string of the molecule is Cc1c(NC(=O)Cn2cc(Cl)cn2)cnn1C. The molecule has 0 aromatic carbocycles. The average molecular weight is 254 g/mol. The highest BCUT2D eigenvalue weighted by Crippen LogP contribution is 2.12. The van der Waals surface area contributed by atoms with E-state index < -0.39 is 0 Å². The Balaban J connectivity index is 2.00. The van der Waals surface area contributed by atoms with Crippen LogP contribution in [0.1, 0.15) is 5.69 Å². The highest BCUT2D eigenvalue weighted by molar-refractivity contribution is 6.30. The van der Waals surface area contributed by atoms with E-state index >= 15 is 0 Å². The molecule has 7 heteroatoms. The van der Waals surface area contributed by atoms with Crippen LogP contribution in [0.2, 0.25) is 5.02 Å². The molecule has 0 aliphatic carbocycles. The van der Waals surface area contributed by atoms with E-state index in [0.717, 1.165) is 5.69 Å². The molecule has 90 valence electrons. The maximum absolute atomic E-state index is 11.7. The number of aromatic nitrogens is 4. The third-order valence-corrected chi connectivity index (χ3v) is 2.61. The van der Waals surface area contributed by atoms with E-state index in [9.17, 15) is 4.79 Å². The standard InChI is InChI=1S/C10H12ClN5O/c1-7-9(4-12-15(7)2)14-10(17)6-16-5-8(11)3-13-16/h3-5H,6H2,1-2H3,(H,14,17). The van der Waals surface area contributed by atoms with Gasteiger partial charge in [-0.3, -0.25) is 14.2 Å². The Bertz CT molecular complexity index is 545. The van der Waals surface area contributed by atoms with Gasteiger partial charge >= 0.3 is 0 Å². The lowest BCUT2D eigenvalue weighted by Gasteiger charge is -2.04. The van der Waals surface area contributed by atoms with Crippen molar-refractivity contribution < 1.29 is 4.79 Å². The van der Waals surface area contributed by atoms with Crippen molar-refractivity contribution in [1.82, 2.24) is 19.6 Å². The van der Waals surface area contributed by atoms with Gasteiger partial charge in [-0.25, -0.2) is 0 Å². The van der Waals surface area contributed by atoms with Crippen molar-refractivity contribution in [3.63, 3.8) is 0 Å². The molecule has 0 bridgehead atoms. The first-order valence-corrected chi connectivity index (χ1v) is 5.40. The summed E-state index contributed by atoms with van der Waals surface area (Å²) in [7, 11) is 1.82. The monoisotopic (exact) mass is 253 g/mol. The Hall–Kier alpha value is -1.82. The number of amides is 1. The van der Waals surface area contributed by atoms with E-state index in [1.807, 2.05) is 14.0 Å².